The normalized spacial score (nSPS) is 24.0. The zero-order valence-corrected chi connectivity index (χ0v) is 19.4. The maximum Gasteiger partial charge on any atom is 0.243 e. The van der Waals surface area contributed by atoms with Crippen LogP contribution in [0.1, 0.15) is 64.2 Å². The number of likely N-dealkylation sites (tertiary alicyclic amines) is 1. The molecule has 0 bridgehead atoms. The number of carbonyl (C=O) groups excluding carboxylic acids is 1. The smallest absolute Gasteiger partial charge is 0.243 e. The van der Waals surface area contributed by atoms with Crippen LogP contribution in [-0.2, 0) is 14.8 Å². The van der Waals surface area contributed by atoms with E-state index in [2.05, 4.69) is 10.2 Å². The summed E-state index contributed by atoms with van der Waals surface area (Å²) in [5.41, 5.74) is 0.131. The lowest BCUT2D eigenvalue weighted by Crippen LogP contribution is -2.58. The number of sulfonamides is 1. The minimum absolute atomic E-state index is 0.0933. The van der Waals surface area contributed by atoms with Crippen molar-refractivity contribution in [3.05, 3.63) is 30.3 Å². The second-order valence-electron chi connectivity index (χ2n) is 9.54. The third-order valence-electron chi connectivity index (χ3n) is 7.61. The minimum Gasteiger partial charge on any atom is -0.354 e. The molecule has 3 fully saturated rings. The molecule has 0 unspecified atom stereocenters. The molecule has 0 atom stereocenters. The largest absolute Gasteiger partial charge is 0.354 e. The van der Waals surface area contributed by atoms with Crippen LogP contribution in [0.2, 0.25) is 0 Å². The van der Waals surface area contributed by atoms with E-state index >= 15 is 0 Å². The number of piperidine rings is 2. The Morgan fingerprint density at radius 2 is 1.52 bits per heavy atom. The fraction of sp³-hybridized carbons (Fsp3) is 0.708. The van der Waals surface area contributed by atoms with E-state index in [0.29, 0.717) is 30.8 Å². The van der Waals surface area contributed by atoms with Crippen molar-refractivity contribution in [2.45, 2.75) is 74.6 Å². The minimum atomic E-state index is -3.47. The molecule has 1 aromatic rings. The van der Waals surface area contributed by atoms with Gasteiger partial charge in [0.2, 0.25) is 15.9 Å². The molecule has 0 radical (unpaired) electrons. The highest BCUT2D eigenvalue weighted by Gasteiger charge is 2.39. The SMILES string of the molecule is O=C(NCC1(N2CCCCC2)CCCCC1)C1CCN(S(=O)(=O)c2ccccc2)CC1. The van der Waals surface area contributed by atoms with E-state index < -0.39 is 10.0 Å². The van der Waals surface area contributed by atoms with Crippen LogP contribution in [0.25, 0.3) is 0 Å². The highest BCUT2D eigenvalue weighted by molar-refractivity contribution is 7.89. The maximum absolute atomic E-state index is 13.0. The molecule has 7 heteroatoms. The van der Waals surface area contributed by atoms with Crippen molar-refractivity contribution >= 4 is 15.9 Å². The fourth-order valence-electron chi connectivity index (χ4n) is 5.68. The van der Waals surface area contributed by atoms with Gasteiger partial charge in [-0.1, -0.05) is 43.9 Å². The highest BCUT2D eigenvalue weighted by atomic mass is 32.2. The number of benzene rings is 1. The van der Waals surface area contributed by atoms with Gasteiger partial charge in [-0.25, -0.2) is 8.42 Å². The van der Waals surface area contributed by atoms with Gasteiger partial charge in [-0.05, 0) is 63.7 Å². The fourth-order valence-corrected chi connectivity index (χ4v) is 7.17. The first-order valence-electron chi connectivity index (χ1n) is 12.1. The van der Waals surface area contributed by atoms with E-state index in [0.717, 1.165) is 19.6 Å². The lowest BCUT2D eigenvalue weighted by atomic mass is 9.79. The van der Waals surface area contributed by atoms with Crippen molar-refractivity contribution < 1.29 is 13.2 Å². The Kier molecular flexibility index (Phi) is 7.34. The Balaban J connectivity index is 1.32. The molecule has 4 rings (SSSR count). The molecule has 1 saturated carbocycles. The number of rotatable bonds is 6. The van der Waals surface area contributed by atoms with E-state index in [4.69, 9.17) is 0 Å². The first kappa shape index (κ1) is 22.7. The lowest BCUT2D eigenvalue weighted by molar-refractivity contribution is -0.127. The van der Waals surface area contributed by atoms with Gasteiger partial charge in [-0.15, -0.1) is 0 Å². The molecule has 0 aromatic heterocycles. The van der Waals surface area contributed by atoms with Crippen molar-refractivity contribution in [3.63, 3.8) is 0 Å². The molecule has 2 aliphatic heterocycles. The van der Waals surface area contributed by atoms with Gasteiger partial charge in [0, 0.05) is 31.1 Å². The van der Waals surface area contributed by atoms with Gasteiger partial charge in [-0.3, -0.25) is 9.69 Å². The average molecular weight is 448 g/mol. The number of amides is 1. The number of carbonyl (C=O) groups is 1. The molecule has 1 aromatic carbocycles. The van der Waals surface area contributed by atoms with Gasteiger partial charge < -0.3 is 5.32 Å². The predicted molar refractivity (Wildman–Crippen MR) is 122 cm³/mol. The van der Waals surface area contributed by atoms with Crippen molar-refractivity contribution in [2.75, 3.05) is 32.7 Å². The standard InChI is InChI=1S/C24H37N3O3S/c28-23(25-20-24(14-6-2-7-15-24)26-16-8-3-9-17-26)21-12-18-27(19-13-21)31(29,30)22-10-4-1-5-11-22/h1,4-5,10-11,21H,2-3,6-9,12-20H2,(H,25,28). The van der Waals surface area contributed by atoms with E-state index in [1.807, 2.05) is 6.07 Å². The summed E-state index contributed by atoms with van der Waals surface area (Å²) in [6, 6.07) is 8.59. The molecular weight excluding hydrogens is 410 g/mol. The molecule has 0 spiro atoms. The maximum atomic E-state index is 13.0. The van der Waals surface area contributed by atoms with Gasteiger partial charge in [-0.2, -0.15) is 4.31 Å². The van der Waals surface area contributed by atoms with Crippen LogP contribution in [0.15, 0.2) is 35.2 Å². The van der Waals surface area contributed by atoms with Crippen LogP contribution in [0.5, 0.6) is 0 Å². The monoisotopic (exact) mass is 447 g/mol. The Hall–Kier alpha value is -1.44. The summed E-state index contributed by atoms with van der Waals surface area (Å²) in [6.45, 7) is 3.88. The van der Waals surface area contributed by atoms with Crippen molar-refractivity contribution in [1.82, 2.24) is 14.5 Å². The zero-order chi connectivity index (χ0) is 21.7. The van der Waals surface area contributed by atoms with Crippen LogP contribution in [-0.4, -0.2) is 61.8 Å². The first-order valence-corrected chi connectivity index (χ1v) is 13.5. The van der Waals surface area contributed by atoms with E-state index in [1.54, 1.807) is 24.3 Å². The highest BCUT2D eigenvalue weighted by Crippen LogP contribution is 2.35. The Labute approximate surface area is 187 Å². The van der Waals surface area contributed by atoms with Gasteiger partial charge in [0.15, 0.2) is 0 Å². The predicted octanol–water partition coefficient (Wildman–Crippen LogP) is 3.39. The third-order valence-corrected chi connectivity index (χ3v) is 9.52. The van der Waals surface area contributed by atoms with E-state index in [9.17, 15) is 13.2 Å². The number of nitrogens with zero attached hydrogens (tertiary/aromatic N) is 2. The molecule has 6 nitrogen and oxygen atoms in total. The molecule has 3 aliphatic rings. The van der Waals surface area contributed by atoms with Gasteiger partial charge in [0.25, 0.3) is 0 Å². The zero-order valence-electron chi connectivity index (χ0n) is 18.6. The second kappa shape index (κ2) is 10.0. The summed E-state index contributed by atoms with van der Waals surface area (Å²) < 4.78 is 27.2. The summed E-state index contributed by atoms with van der Waals surface area (Å²) in [7, 11) is -3.47. The number of hydrogen-bond acceptors (Lipinski definition) is 4. The molecule has 1 N–H and O–H groups in total. The molecule has 172 valence electrons. The van der Waals surface area contributed by atoms with Gasteiger partial charge in [0.1, 0.15) is 0 Å². The van der Waals surface area contributed by atoms with Crippen molar-refractivity contribution in [3.8, 4) is 0 Å². The Morgan fingerprint density at radius 3 is 2.16 bits per heavy atom. The van der Waals surface area contributed by atoms with Crippen molar-refractivity contribution in [1.29, 1.82) is 0 Å². The molecule has 1 aliphatic carbocycles. The molecular formula is C24H37N3O3S. The van der Waals surface area contributed by atoms with Crippen LogP contribution in [0, 0.1) is 5.92 Å². The number of nitrogens with one attached hydrogen (secondary N) is 1. The van der Waals surface area contributed by atoms with Crippen LogP contribution in [0.4, 0.5) is 0 Å². The summed E-state index contributed by atoms with van der Waals surface area (Å²) >= 11 is 0. The summed E-state index contributed by atoms with van der Waals surface area (Å²) in [4.78, 5) is 16.0. The second-order valence-corrected chi connectivity index (χ2v) is 11.5. The number of hydrogen-bond donors (Lipinski definition) is 1. The van der Waals surface area contributed by atoms with Crippen LogP contribution < -0.4 is 5.32 Å². The van der Waals surface area contributed by atoms with Crippen LogP contribution in [0.3, 0.4) is 0 Å². The van der Waals surface area contributed by atoms with E-state index in [-0.39, 0.29) is 17.4 Å². The van der Waals surface area contributed by atoms with Crippen LogP contribution >= 0.6 is 0 Å². The average Bonchev–Trinajstić information content (AvgIpc) is 2.84. The summed E-state index contributed by atoms with van der Waals surface area (Å²) in [6.07, 6.45) is 11.2. The van der Waals surface area contributed by atoms with Crippen molar-refractivity contribution in [2.24, 2.45) is 5.92 Å². The Bertz CT molecular complexity index is 823. The molecule has 2 saturated heterocycles. The lowest BCUT2D eigenvalue weighted by Gasteiger charge is -2.48. The topological polar surface area (TPSA) is 69.7 Å². The molecule has 31 heavy (non-hydrogen) atoms. The molecule has 1 amide bonds. The summed E-state index contributed by atoms with van der Waals surface area (Å²) in [5, 5.41) is 3.30. The van der Waals surface area contributed by atoms with E-state index in [1.165, 1.54) is 55.7 Å². The van der Waals surface area contributed by atoms with Gasteiger partial charge in [0.05, 0.1) is 4.90 Å². The van der Waals surface area contributed by atoms with Gasteiger partial charge >= 0.3 is 0 Å². The first-order chi connectivity index (χ1) is 15.0. The molecule has 2 heterocycles. The summed E-state index contributed by atoms with van der Waals surface area (Å²) in [5.74, 6) is 0.0166. The quantitative estimate of drug-likeness (QED) is 0.726. The Morgan fingerprint density at radius 1 is 0.903 bits per heavy atom. The third kappa shape index (κ3) is 5.15.